The van der Waals surface area contributed by atoms with Crippen molar-refractivity contribution in [3.05, 3.63) is 46.7 Å². The monoisotopic (exact) mass is 294 g/mol. The van der Waals surface area contributed by atoms with E-state index in [0.717, 1.165) is 17.1 Å². The van der Waals surface area contributed by atoms with Crippen molar-refractivity contribution in [2.45, 2.75) is 6.92 Å². The average molecular weight is 294 g/mol. The van der Waals surface area contributed by atoms with Crippen molar-refractivity contribution >= 4 is 27.9 Å². The molecule has 2 aromatic heterocycles. The molecule has 0 unspecified atom stereocenters. The van der Waals surface area contributed by atoms with Gasteiger partial charge in [-0.3, -0.25) is 4.79 Å². The molecule has 8 heteroatoms. The van der Waals surface area contributed by atoms with E-state index in [9.17, 15) is 13.6 Å². The fraction of sp³-hybridized carbons (Fsp3) is 0.0833. The highest BCUT2D eigenvalue weighted by atomic mass is 32.1. The zero-order valence-electron chi connectivity index (χ0n) is 10.2. The number of aryl methyl sites for hydroxylation is 1. The summed E-state index contributed by atoms with van der Waals surface area (Å²) in [4.78, 5) is 16.5. The zero-order valence-corrected chi connectivity index (χ0v) is 11.0. The Bertz CT molecular complexity index is 759. The Balaban J connectivity index is 1.90. The molecule has 0 aliphatic heterocycles. The van der Waals surface area contributed by atoms with Crippen LogP contribution in [0.1, 0.15) is 15.5 Å². The lowest BCUT2D eigenvalue weighted by Crippen LogP contribution is -2.14. The second kappa shape index (κ2) is 4.64. The first-order chi connectivity index (χ1) is 9.54. The average Bonchev–Trinajstić information content (AvgIpc) is 2.91. The van der Waals surface area contributed by atoms with Gasteiger partial charge in [-0.15, -0.1) is 0 Å². The van der Waals surface area contributed by atoms with Gasteiger partial charge in [0.1, 0.15) is 28.0 Å². The van der Waals surface area contributed by atoms with E-state index in [1.165, 1.54) is 28.1 Å². The minimum Gasteiger partial charge on any atom is -0.316 e. The maximum Gasteiger partial charge on any atom is 0.276 e. The number of hydrogen-bond acceptors (Lipinski definition) is 4. The van der Waals surface area contributed by atoms with E-state index in [0.29, 0.717) is 4.96 Å². The first kappa shape index (κ1) is 12.7. The summed E-state index contributed by atoms with van der Waals surface area (Å²) in [6.45, 7) is 1.81. The van der Waals surface area contributed by atoms with E-state index >= 15 is 0 Å². The number of imidazole rings is 1. The molecule has 0 fully saturated rings. The minimum atomic E-state index is -0.839. The largest absolute Gasteiger partial charge is 0.316 e. The van der Waals surface area contributed by atoms with Crippen LogP contribution in [-0.4, -0.2) is 20.5 Å². The van der Waals surface area contributed by atoms with Crippen LogP contribution in [0.25, 0.3) is 4.96 Å². The van der Waals surface area contributed by atoms with Crippen molar-refractivity contribution in [2.24, 2.45) is 0 Å². The lowest BCUT2D eigenvalue weighted by molar-refractivity contribution is 0.102. The first-order valence-corrected chi connectivity index (χ1v) is 6.44. The van der Waals surface area contributed by atoms with E-state index in [1.54, 1.807) is 0 Å². The van der Waals surface area contributed by atoms with Crippen LogP contribution in [0.4, 0.5) is 14.5 Å². The summed E-state index contributed by atoms with van der Waals surface area (Å²) in [6, 6.07) is 3.35. The van der Waals surface area contributed by atoms with E-state index < -0.39 is 23.2 Å². The van der Waals surface area contributed by atoms with E-state index in [-0.39, 0.29) is 5.69 Å². The molecular weight excluding hydrogens is 286 g/mol. The molecule has 0 atom stereocenters. The highest BCUT2D eigenvalue weighted by Gasteiger charge is 2.17. The molecule has 3 rings (SSSR count). The molecule has 2 heterocycles. The fourth-order valence-electron chi connectivity index (χ4n) is 1.70. The van der Waals surface area contributed by atoms with E-state index in [4.69, 9.17) is 0 Å². The Morgan fingerprint density at radius 3 is 2.70 bits per heavy atom. The van der Waals surface area contributed by atoms with Crippen LogP contribution in [0.3, 0.4) is 0 Å². The van der Waals surface area contributed by atoms with Crippen LogP contribution in [0.15, 0.2) is 24.4 Å². The standard InChI is InChI=1S/C12H8F2N4OS/c1-6-17-18-5-9(15-12(18)20-6)11(19)16-10-7(13)3-2-4-8(10)14/h2-5H,1H3,(H,16,19). The van der Waals surface area contributed by atoms with Gasteiger partial charge in [-0.05, 0) is 19.1 Å². The van der Waals surface area contributed by atoms with Crippen molar-refractivity contribution in [2.75, 3.05) is 5.32 Å². The van der Waals surface area contributed by atoms with E-state index in [1.807, 2.05) is 6.92 Å². The summed E-state index contributed by atoms with van der Waals surface area (Å²) in [5.41, 5.74) is -0.440. The number of anilines is 1. The van der Waals surface area contributed by atoms with E-state index in [2.05, 4.69) is 15.4 Å². The molecule has 5 nitrogen and oxygen atoms in total. The maximum atomic E-state index is 13.4. The lowest BCUT2D eigenvalue weighted by atomic mass is 10.3. The number of aromatic nitrogens is 3. The number of hydrogen-bond donors (Lipinski definition) is 1. The number of nitrogens with one attached hydrogen (secondary N) is 1. The molecule has 102 valence electrons. The maximum absolute atomic E-state index is 13.4. The summed E-state index contributed by atoms with van der Waals surface area (Å²) in [5, 5.41) is 7.08. The predicted octanol–water partition coefficient (Wildman–Crippen LogP) is 2.63. The SMILES string of the molecule is Cc1nn2cc(C(=O)Nc3c(F)cccc3F)nc2s1. The Morgan fingerprint density at radius 2 is 2.05 bits per heavy atom. The van der Waals surface area contributed by atoms with Crippen LogP contribution in [0.5, 0.6) is 0 Å². The van der Waals surface area contributed by atoms with Gasteiger partial charge in [-0.1, -0.05) is 17.4 Å². The van der Waals surface area contributed by atoms with Gasteiger partial charge in [0.15, 0.2) is 0 Å². The third-order valence-electron chi connectivity index (χ3n) is 2.58. The molecule has 0 saturated carbocycles. The summed E-state index contributed by atoms with van der Waals surface area (Å²) in [6.07, 6.45) is 1.41. The summed E-state index contributed by atoms with van der Waals surface area (Å²) >= 11 is 1.32. The van der Waals surface area contributed by atoms with Crippen molar-refractivity contribution in [3.8, 4) is 0 Å². The topological polar surface area (TPSA) is 59.3 Å². The van der Waals surface area contributed by atoms with Crippen molar-refractivity contribution in [3.63, 3.8) is 0 Å². The molecule has 0 bridgehead atoms. The first-order valence-electron chi connectivity index (χ1n) is 5.63. The Labute approximate surface area is 115 Å². The van der Waals surface area contributed by atoms with Gasteiger partial charge in [-0.25, -0.2) is 18.3 Å². The molecule has 0 aliphatic rings. The number of amides is 1. The molecule has 1 aromatic carbocycles. The van der Waals surface area contributed by atoms with Gasteiger partial charge < -0.3 is 5.32 Å². The van der Waals surface area contributed by atoms with Crippen LogP contribution < -0.4 is 5.32 Å². The number of para-hydroxylation sites is 1. The molecule has 3 aromatic rings. The number of fused-ring (bicyclic) bond motifs is 1. The molecule has 1 N–H and O–H groups in total. The van der Waals surface area contributed by atoms with Crippen LogP contribution in [-0.2, 0) is 0 Å². The lowest BCUT2D eigenvalue weighted by Gasteiger charge is -2.05. The Kier molecular flexibility index (Phi) is 2.94. The highest BCUT2D eigenvalue weighted by molar-refractivity contribution is 7.16. The number of nitrogens with zero attached hydrogens (tertiary/aromatic N) is 3. The molecule has 1 amide bonds. The predicted molar refractivity (Wildman–Crippen MR) is 69.9 cm³/mol. The third-order valence-corrected chi connectivity index (χ3v) is 3.42. The second-order valence-electron chi connectivity index (χ2n) is 4.03. The van der Waals surface area contributed by atoms with Crippen LogP contribution in [0.2, 0.25) is 0 Å². The second-order valence-corrected chi connectivity index (χ2v) is 5.19. The summed E-state index contributed by atoms with van der Waals surface area (Å²) < 4.78 is 28.3. The van der Waals surface area contributed by atoms with Gasteiger partial charge in [0, 0.05) is 0 Å². The molecule has 20 heavy (non-hydrogen) atoms. The Morgan fingerprint density at radius 1 is 1.35 bits per heavy atom. The van der Waals surface area contributed by atoms with Gasteiger partial charge in [0.05, 0.1) is 6.20 Å². The molecule has 0 spiro atoms. The van der Waals surface area contributed by atoms with Gasteiger partial charge in [0.25, 0.3) is 5.91 Å². The minimum absolute atomic E-state index is 0.0476. The van der Waals surface area contributed by atoms with Gasteiger partial charge >= 0.3 is 0 Å². The fourth-order valence-corrected chi connectivity index (χ4v) is 2.43. The number of benzene rings is 1. The van der Waals surface area contributed by atoms with Crippen molar-refractivity contribution in [1.29, 1.82) is 0 Å². The number of carbonyl (C=O) groups is 1. The normalized spacial score (nSPS) is 10.9. The smallest absolute Gasteiger partial charge is 0.276 e. The highest BCUT2D eigenvalue weighted by Crippen LogP contribution is 2.19. The quantitative estimate of drug-likeness (QED) is 0.790. The summed E-state index contributed by atoms with van der Waals surface area (Å²) in [5.74, 6) is -2.37. The number of halogens is 2. The molecular formula is C12H8F2N4OS. The number of carbonyl (C=O) groups excluding carboxylic acids is 1. The zero-order chi connectivity index (χ0) is 14.3. The number of rotatable bonds is 2. The van der Waals surface area contributed by atoms with Crippen molar-refractivity contribution < 1.29 is 13.6 Å². The van der Waals surface area contributed by atoms with Crippen LogP contribution in [0, 0.1) is 18.6 Å². The third kappa shape index (κ3) is 2.14. The molecule has 0 radical (unpaired) electrons. The molecule has 0 saturated heterocycles. The van der Waals surface area contributed by atoms with Crippen molar-refractivity contribution in [1.82, 2.24) is 14.6 Å². The Hall–Kier alpha value is -2.35. The van der Waals surface area contributed by atoms with Gasteiger partial charge in [0.2, 0.25) is 4.96 Å². The van der Waals surface area contributed by atoms with Crippen LogP contribution >= 0.6 is 11.3 Å². The van der Waals surface area contributed by atoms with Gasteiger partial charge in [-0.2, -0.15) is 5.10 Å². The molecule has 0 aliphatic carbocycles. The summed E-state index contributed by atoms with van der Waals surface area (Å²) in [7, 11) is 0.